The molecule has 0 aliphatic heterocycles. The fraction of sp³-hybridized carbons (Fsp3) is 0.231. The Bertz CT molecular complexity index is 608. The molecule has 0 amide bonds. The molecular formula is C13H13IN2O2. The number of H-pyrrole nitrogens is 1. The number of rotatable bonds is 3. The van der Waals surface area contributed by atoms with E-state index >= 15 is 0 Å². The Hall–Kier alpha value is -1.37. The smallest absolute Gasteiger partial charge is 0.254 e. The molecule has 0 atom stereocenters. The largest absolute Gasteiger partial charge is 0.438 e. The summed E-state index contributed by atoms with van der Waals surface area (Å²) in [6.07, 6.45) is 0. The molecule has 0 bridgehead atoms. The molecule has 1 heterocycles. The standard InChI is InChI=1S/C13H13IN2O2/c1-8(2)13-15-11(17)7-12(16-13)18-10-6-4-3-5-9(10)14/h3-8H,1-2H3,(H,15,16,17). The minimum atomic E-state index is -0.199. The Kier molecular flexibility index (Phi) is 4.00. The molecular weight excluding hydrogens is 343 g/mol. The molecule has 0 unspecified atom stereocenters. The molecule has 1 aromatic carbocycles. The Morgan fingerprint density at radius 3 is 2.72 bits per heavy atom. The van der Waals surface area contributed by atoms with Crippen molar-refractivity contribution in [3.8, 4) is 11.6 Å². The first-order valence-corrected chi connectivity index (χ1v) is 6.68. The van der Waals surface area contributed by atoms with Gasteiger partial charge in [-0.3, -0.25) is 4.79 Å². The summed E-state index contributed by atoms with van der Waals surface area (Å²) in [5.74, 6) is 1.80. The van der Waals surface area contributed by atoms with Crippen LogP contribution in [-0.2, 0) is 0 Å². The van der Waals surface area contributed by atoms with Gasteiger partial charge in [0.05, 0.1) is 9.64 Å². The SMILES string of the molecule is CC(C)c1nc(Oc2ccccc2I)cc(=O)[nH]1. The van der Waals surface area contributed by atoms with Gasteiger partial charge in [-0.05, 0) is 34.7 Å². The molecule has 18 heavy (non-hydrogen) atoms. The van der Waals surface area contributed by atoms with Gasteiger partial charge >= 0.3 is 0 Å². The van der Waals surface area contributed by atoms with Crippen LogP contribution < -0.4 is 10.3 Å². The van der Waals surface area contributed by atoms with Crippen molar-refractivity contribution in [2.75, 3.05) is 0 Å². The molecule has 0 fully saturated rings. The van der Waals surface area contributed by atoms with E-state index in [1.165, 1.54) is 6.07 Å². The van der Waals surface area contributed by atoms with Crippen molar-refractivity contribution in [2.45, 2.75) is 19.8 Å². The molecule has 94 valence electrons. The molecule has 5 heteroatoms. The van der Waals surface area contributed by atoms with Gasteiger partial charge in [0.1, 0.15) is 11.6 Å². The third-order valence-corrected chi connectivity index (χ3v) is 3.23. The Balaban J connectivity index is 2.35. The van der Waals surface area contributed by atoms with Gasteiger partial charge in [0.25, 0.3) is 5.56 Å². The first-order chi connectivity index (χ1) is 8.56. The van der Waals surface area contributed by atoms with E-state index in [1.807, 2.05) is 38.1 Å². The molecule has 0 saturated heterocycles. The molecule has 0 spiro atoms. The number of nitrogens with one attached hydrogen (secondary N) is 1. The van der Waals surface area contributed by atoms with Crippen molar-refractivity contribution in [3.05, 3.63) is 50.1 Å². The van der Waals surface area contributed by atoms with Crippen LogP contribution in [0.3, 0.4) is 0 Å². The summed E-state index contributed by atoms with van der Waals surface area (Å²) in [5, 5.41) is 0. The Morgan fingerprint density at radius 1 is 1.33 bits per heavy atom. The third-order valence-electron chi connectivity index (χ3n) is 2.33. The van der Waals surface area contributed by atoms with Crippen molar-refractivity contribution >= 4 is 22.6 Å². The number of hydrogen-bond donors (Lipinski definition) is 1. The molecule has 1 N–H and O–H groups in total. The molecule has 0 radical (unpaired) electrons. The monoisotopic (exact) mass is 356 g/mol. The van der Waals surface area contributed by atoms with Crippen LogP contribution in [0.4, 0.5) is 0 Å². The van der Waals surface area contributed by atoms with E-state index in [-0.39, 0.29) is 11.5 Å². The van der Waals surface area contributed by atoms with Crippen molar-refractivity contribution in [1.82, 2.24) is 9.97 Å². The molecule has 2 aromatic rings. The Morgan fingerprint density at radius 2 is 2.06 bits per heavy atom. The fourth-order valence-electron chi connectivity index (χ4n) is 1.42. The summed E-state index contributed by atoms with van der Waals surface area (Å²) in [6.45, 7) is 3.93. The Labute approximate surface area is 119 Å². The lowest BCUT2D eigenvalue weighted by Crippen LogP contribution is -2.12. The average molecular weight is 356 g/mol. The number of aromatic nitrogens is 2. The molecule has 0 aliphatic carbocycles. The zero-order chi connectivity index (χ0) is 13.1. The van der Waals surface area contributed by atoms with Crippen LogP contribution in [-0.4, -0.2) is 9.97 Å². The zero-order valence-corrected chi connectivity index (χ0v) is 12.3. The van der Waals surface area contributed by atoms with Crippen LogP contribution in [0, 0.1) is 3.57 Å². The highest BCUT2D eigenvalue weighted by atomic mass is 127. The zero-order valence-electron chi connectivity index (χ0n) is 10.1. The maximum Gasteiger partial charge on any atom is 0.254 e. The van der Waals surface area contributed by atoms with Gasteiger partial charge in [0.15, 0.2) is 0 Å². The number of nitrogens with zero attached hydrogens (tertiary/aromatic N) is 1. The van der Waals surface area contributed by atoms with E-state index in [4.69, 9.17) is 4.74 Å². The molecule has 1 aromatic heterocycles. The van der Waals surface area contributed by atoms with Crippen molar-refractivity contribution in [1.29, 1.82) is 0 Å². The normalized spacial score (nSPS) is 10.7. The summed E-state index contributed by atoms with van der Waals surface area (Å²) < 4.78 is 6.62. The second-order valence-corrected chi connectivity index (χ2v) is 5.32. The summed E-state index contributed by atoms with van der Waals surface area (Å²) in [4.78, 5) is 18.5. The van der Waals surface area contributed by atoms with E-state index in [0.717, 1.165) is 3.57 Å². The van der Waals surface area contributed by atoms with Crippen LogP contribution in [0.1, 0.15) is 25.6 Å². The van der Waals surface area contributed by atoms with Gasteiger partial charge < -0.3 is 9.72 Å². The first kappa shape index (κ1) is 13.1. The second-order valence-electron chi connectivity index (χ2n) is 4.16. The lowest BCUT2D eigenvalue weighted by atomic mass is 10.2. The van der Waals surface area contributed by atoms with Crippen molar-refractivity contribution in [2.24, 2.45) is 0 Å². The lowest BCUT2D eigenvalue weighted by Gasteiger charge is -2.09. The second kappa shape index (κ2) is 5.51. The van der Waals surface area contributed by atoms with Crippen LogP contribution in [0.25, 0.3) is 0 Å². The summed E-state index contributed by atoms with van der Waals surface area (Å²) in [5.41, 5.74) is -0.199. The van der Waals surface area contributed by atoms with Gasteiger partial charge in [-0.1, -0.05) is 26.0 Å². The minimum absolute atomic E-state index is 0.149. The number of ether oxygens (including phenoxy) is 1. The van der Waals surface area contributed by atoms with Gasteiger partial charge in [0.2, 0.25) is 5.88 Å². The van der Waals surface area contributed by atoms with Gasteiger partial charge in [-0.15, -0.1) is 0 Å². The molecule has 0 aliphatic rings. The molecule has 2 rings (SSSR count). The van der Waals surface area contributed by atoms with Crippen molar-refractivity contribution < 1.29 is 4.74 Å². The number of aromatic amines is 1. The van der Waals surface area contributed by atoms with E-state index in [2.05, 4.69) is 32.6 Å². The maximum absolute atomic E-state index is 11.5. The van der Waals surface area contributed by atoms with Gasteiger partial charge in [-0.2, -0.15) is 4.98 Å². The number of hydrogen-bond acceptors (Lipinski definition) is 3. The van der Waals surface area contributed by atoms with Crippen molar-refractivity contribution in [3.63, 3.8) is 0 Å². The predicted octanol–water partition coefficient (Wildman–Crippen LogP) is 3.29. The summed E-state index contributed by atoms with van der Waals surface area (Å²) in [6, 6.07) is 8.95. The highest BCUT2D eigenvalue weighted by Gasteiger charge is 2.08. The molecule has 4 nitrogen and oxygen atoms in total. The van der Waals surface area contributed by atoms with Crippen LogP contribution in [0.2, 0.25) is 0 Å². The van der Waals surface area contributed by atoms with Crippen LogP contribution >= 0.6 is 22.6 Å². The van der Waals surface area contributed by atoms with Crippen LogP contribution in [0.5, 0.6) is 11.6 Å². The van der Waals surface area contributed by atoms with Crippen LogP contribution in [0.15, 0.2) is 35.1 Å². The molecule has 0 saturated carbocycles. The van der Waals surface area contributed by atoms with Gasteiger partial charge in [-0.25, -0.2) is 0 Å². The van der Waals surface area contributed by atoms with E-state index < -0.39 is 0 Å². The number of halogens is 1. The average Bonchev–Trinajstić information content (AvgIpc) is 2.31. The lowest BCUT2D eigenvalue weighted by molar-refractivity contribution is 0.452. The number of benzene rings is 1. The van der Waals surface area contributed by atoms with E-state index in [1.54, 1.807) is 0 Å². The van der Waals surface area contributed by atoms with E-state index in [0.29, 0.717) is 17.5 Å². The minimum Gasteiger partial charge on any atom is -0.438 e. The highest BCUT2D eigenvalue weighted by Crippen LogP contribution is 2.24. The first-order valence-electron chi connectivity index (χ1n) is 5.60. The van der Waals surface area contributed by atoms with E-state index in [9.17, 15) is 4.79 Å². The fourth-order valence-corrected chi connectivity index (χ4v) is 1.92. The number of para-hydroxylation sites is 1. The summed E-state index contributed by atoms with van der Waals surface area (Å²) in [7, 11) is 0. The predicted molar refractivity (Wildman–Crippen MR) is 78.2 cm³/mol. The topological polar surface area (TPSA) is 55.0 Å². The highest BCUT2D eigenvalue weighted by molar-refractivity contribution is 14.1. The maximum atomic E-state index is 11.5. The quantitative estimate of drug-likeness (QED) is 0.859. The third kappa shape index (κ3) is 3.10. The summed E-state index contributed by atoms with van der Waals surface area (Å²) >= 11 is 2.18. The van der Waals surface area contributed by atoms with Gasteiger partial charge in [0, 0.05) is 5.92 Å².